The van der Waals surface area contributed by atoms with Gasteiger partial charge in [0.25, 0.3) is 0 Å². The van der Waals surface area contributed by atoms with E-state index in [1.54, 1.807) is 0 Å². The van der Waals surface area contributed by atoms with Crippen LogP contribution >= 0.6 is 27.5 Å². The molecule has 2 aromatic carbocycles. The molecule has 126 valence electrons. The Morgan fingerprint density at radius 2 is 1.84 bits per heavy atom. The topological polar surface area (TPSA) is 38.1 Å². The number of imidazole rings is 1. The van der Waals surface area contributed by atoms with Gasteiger partial charge >= 0.3 is 0 Å². The van der Waals surface area contributed by atoms with Crippen molar-refractivity contribution in [3.05, 3.63) is 75.5 Å². The molecule has 1 aromatic heterocycles. The zero-order valence-electron chi connectivity index (χ0n) is 13.3. The summed E-state index contributed by atoms with van der Waals surface area (Å²) in [7, 11) is 0. The highest BCUT2D eigenvalue weighted by Crippen LogP contribution is 2.30. The third-order valence-electron chi connectivity index (χ3n) is 4.34. The Kier molecular flexibility index (Phi) is 4.36. The van der Waals surface area contributed by atoms with Crippen LogP contribution in [0.15, 0.2) is 59.2 Å². The molecule has 1 amide bonds. The maximum absolute atomic E-state index is 12.6. The Bertz CT molecular complexity index is 936. The lowest BCUT2D eigenvalue weighted by molar-refractivity contribution is -0.134. The highest BCUT2D eigenvalue weighted by molar-refractivity contribution is 9.10. The minimum absolute atomic E-state index is 0.0914. The van der Waals surface area contributed by atoms with Crippen molar-refractivity contribution < 1.29 is 4.79 Å². The van der Waals surface area contributed by atoms with Crippen molar-refractivity contribution in [2.45, 2.75) is 19.6 Å². The summed E-state index contributed by atoms with van der Waals surface area (Å²) in [5.41, 5.74) is 3.10. The molecular formula is C19H15BrClN3O. The fourth-order valence-corrected chi connectivity index (χ4v) is 3.63. The van der Waals surface area contributed by atoms with Gasteiger partial charge in [-0.25, -0.2) is 4.98 Å². The highest BCUT2D eigenvalue weighted by Gasteiger charge is 2.26. The van der Waals surface area contributed by atoms with Crippen molar-refractivity contribution in [2.24, 2.45) is 0 Å². The molecule has 4 nitrogen and oxygen atoms in total. The van der Waals surface area contributed by atoms with E-state index in [1.807, 2.05) is 64.2 Å². The van der Waals surface area contributed by atoms with E-state index < -0.39 is 0 Å². The molecule has 0 bridgehead atoms. The normalized spacial score (nSPS) is 13.8. The van der Waals surface area contributed by atoms with Gasteiger partial charge in [0.2, 0.25) is 5.91 Å². The van der Waals surface area contributed by atoms with E-state index >= 15 is 0 Å². The lowest BCUT2D eigenvalue weighted by Gasteiger charge is -2.29. The number of hydrogen-bond acceptors (Lipinski definition) is 2. The molecule has 2 heterocycles. The van der Waals surface area contributed by atoms with E-state index in [9.17, 15) is 4.79 Å². The predicted octanol–water partition coefficient (Wildman–Crippen LogP) is 4.51. The molecule has 0 spiro atoms. The first-order valence-corrected chi connectivity index (χ1v) is 9.10. The van der Waals surface area contributed by atoms with Crippen LogP contribution in [0.2, 0.25) is 5.02 Å². The first-order valence-electron chi connectivity index (χ1n) is 7.93. The molecule has 3 aromatic rings. The number of nitrogens with zero attached hydrogens (tertiary/aromatic N) is 3. The zero-order valence-corrected chi connectivity index (χ0v) is 15.7. The largest absolute Gasteiger partial charge is 0.331 e. The summed E-state index contributed by atoms with van der Waals surface area (Å²) in [6, 6.07) is 15.5. The molecule has 0 unspecified atom stereocenters. The van der Waals surface area contributed by atoms with E-state index in [2.05, 4.69) is 20.9 Å². The van der Waals surface area contributed by atoms with Crippen LogP contribution in [0.1, 0.15) is 11.3 Å². The smallest absolute Gasteiger partial charge is 0.243 e. The minimum atomic E-state index is 0.0914. The summed E-state index contributed by atoms with van der Waals surface area (Å²) in [5, 5.41) is 0.699. The fourth-order valence-electron chi connectivity index (χ4n) is 3.04. The average Bonchev–Trinajstić information content (AvgIpc) is 3.00. The summed E-state index contributed by atoms with van der Waals surface area (Å²) in [6.45, 7) is 1.43. The second kappa shape index (κ2) is 6.65. The van der Waals surface area contributed by atoms with Gasteiger partial charge in [0.15, 0.2) is 0 Å². The predicted molar refractivity (Wildman–Crippen MR) is 101 cm³/mol. The van der Waals surface area contributed by atoms with Crippen LogP contribution in [0, 0.1) is 0 Å². The molecule has 0 atom stereocenters. The van der Waals surface area contributed by atoms with E-state index in [0.717, 1.165) is 27.1 Å². The van der Waals surface area contributed by atoms with Gasteiger partial charge in [-0.3, -0.25) is 4.79 Å². The lowest BCUT2D eigenvalue weighted by atomic mass is 10.2. The van der Waals surface area contributed by atoms with Crippen LogP contribution in [-0.4, -0.2) is 20.4 Å². The van der Waals surface area contributed by atoms with Crippen molar-refractivity contribution in [2.75, 3.05) is 0 Å². The Morgan fingerprint density at radius 3 is 2.60 bits per heavy atom. The molecule has 0 N–H and O–H groups in total. The molecule has 0 saturated carbocycles. The summed E-state index contributed by atoms with van der Waals surface area (Å²) >= 11 is 9.49. The van der Waals surface area contributed by atoms with Gasteiger partial charge in [0, 0.05) is 21.6 Å². The van der Waals surface area contributed by atoms with E-state index in [4.69, 9.17) is 11.6 Å². The molecule has 1 aliphatic heterocycles. The Hall–Kier alpha value is -2.11. The first-order chi connectivity index (χ1) is 12.1. The van der Waals surface area contributed by atoms with Crippen LogP contribution in [0.5, 0.6) is 0 Å². The van der Waals surface area contributed by atoms with Crippen LogP contribution in [-0.2, 0) is 24.4 Å². The molecule has 1 aliphatic rings. The summed E-state index contributed by atoms with van der Waals surface area (Å²) in [4.78, 5) is 19.0. The van der Waals surface area contributed by atoms with Crippen molar-refractivity contribution in [1.82, 2.24) is 14.5 Å². The van der Waals surface area contributed by atoms with Gasteiger partial charge in [0.1, 0.15) is 12.4 Å². The third-order valence-corrected chi connectivity index (χ3v) is 5.28. The summed E-state index contributed by atoms with van der Waals surface area (Å²) < 4.78 is 2.97. The van der Waals surface area contributed by atoms with Crippen LogP contribution in [0.3, 0.4) is 0 Å². The average molecular weight is 417 g/mol. The van der Waals surface area contributed by atoms with Crippen molar-refractivity contribution in [3.63, 3.8) is 0 Å². The van der Waals surface area contributed by atoms with E-state index in [-0.39, 0.29) is 5.91 Å². The van der Waals surface area contributed by atoms with Crippen molar-refractivity contribution >= 4 is 33.4 Å². The second-order valence-corrected chi connectivity index (χ2v) is 7.31. The Labute approximate surface area is 159 Å². The Morgan fingerprint density at radius 1 is 1.08 bits per heavy atom. The van der Waals surface area contributed by atoms with Gasteiger partial charge in [0.05, 0.1) is 18.4 Å². The maximum Gasteiger partial charge on any atom is 0.243 e. The minimum Gasteiger partial charge on any atom is -0.331 e. The van der Waals surface area contributed by atoms with Crippen LogP contribution in [0.4, 0.5) is 0 Å². The Balaban J connectivity index is 1.61. The zero-order chi connectivity index (χ0) is 17.4. The van der Waals surface area contributed by atoms with Crippen LogP contribution in [0.25, 0.3) is 11.4 Å². The van der Waals surface area contributed by atoms with E-state index in [1.165, 1.54) is 0 Å². The quantitative estimate of drug-likeness (QED) is 0.630. The van der Waals surface area contributed by atoms with Gasteiger partial charge in [-0.1, -0.05) is 57.9 Å². The highest BCUT2D eigenvalue weighted by atomic mass is 79.9. The maximum atomic E-state index is 12.6. The van der Waals surface area contributed by atoms with E-state index in [0.29, 0.717) is 24.7 Å². The molecular weight excluding hydrogens is 402 g/mol. The number of carbonyl (C=O) groups is 1. The number of aromatic nitrogens is 2. The SMILES string of the molecule is O=C1Cn2c(cnc2-c2ccccc2Br)CN1Cc1ccc(Cl)cc1. The molecule has 6 heteroatoms. The number of carbonyl (C=O) groups excluding carboxylic acids is 1. The van der Waals surface area contributed by atoms with Gasteiger partial charge in [-0.05, 0) is 23.8 Å². The molecule has 0 saturated heterocycles. The monoisotopic (exact) mass is 415 g/mol. The number of rotatable bonds is 3. The molecule has 0 radical (unpaired) electrons. The molecule has 0 fully saturated rings. The fraction of sp³-hybridized carbons (Fsp3) is 0.158. The van der Waals surface area contributed by atoms with Gasteiger partial charge in [-0.15, -0.1) is 0 Å². The summed E-state index contributed by atoms with van der Waals surface area (Å²) in [5.74, 6) is 0.913. The standard InChI is InChI=1S/C19H15BrClN3O/c20-17-4-2-1-3-16(17)19-22-9-15-11-23(18(25)12-24(15)19)10-13-5-7-14(21)8-6-13/h1-9H,10-12H2. The molecule has 25 heavy (non-hydrogen) atoms. The summed E-state index contributed by atoms with van der Waals surface area (Å²) in [6.07, 6.45) is 1.86. The molecule has 4 rings (SSSR count). The molecule has 0 aliphatic carbocycles. The third kappa shape index (κ3) is 3.22. The van der Waals surface area contributed by atoms with Gasteiger partial charge < -0.3 is 9.47 Å². The number of amides is 1. The number of benzene rings is 2. The lowest BCUT2D eigenvalue weighted by Crippen LogP contribution is -2.38. The van der Waals surface area contributed by atoms with Crippen molar-refractivity contribution in [3.8, 4) is 11.4 Å². The number of hydrogen-bond donors (Lipinski definition) is 0. The number of halogens is 2. The number of fused-ring (bicyclic) bond motifs is 1. The van der Waals surface area contributed by atoms with Gasteiger partial charge in [-0.2, -0.15) is 0 Å². The first kappa shape index (κ1) is 16.4. The second-order valence-electron chi connectivity index (χ2n) is 6.02. The van der Waals surface area contributed by atoms with Crippen LogP contribution < -0.4 is 0 Å². The van der Waals surface area contributed by atoms with Crippen molar-refractivity contribution in [1.29, 1.82) is 0 Å².